The van der Waals surface area contributed by atoms with Crippen molar-refractivity contribution in [2.45, 2.75) is 57.2 Å². The summed E-state index contributed by atoms with van der Waals surface area (Å²) < 4.78 is 5.56. The van der Waals surface area contributed by atoms with Crippen LogP contribution in [0, 0.1) is 17.8 Å². The third kappa shape index (κ3) is 3.96. The van der Waals surface area contributed by atoms with Gasteiger partial charge in [0.15, 0.2) is 0 Å². The Bertz CT molecular complexity index is 846. The van der Waals surface area contributed by atoms with Crippen LogP contribution in [0.25, 0.3) is 0 Å². The average Bonchev–Trinajstić information content (AvgIpc) is 3.45. The van der Waals surface area contributed by atoms with Crippen molar-refractivity contribution in [1.29, 1.82) is 0 Å². The Labute approximate surface area is 172 Å². The molecule has 2 saturated carbocycles. The van der Waals surface area contributed by atoms with E-state index in [1.54, 1.807) is 0 Å². The minimum atomic E-state index is -0.354. The molecule has 1 aliphatic heterocycles. The summed E-state index contributed by atoms with van der Waals surface area (Å²) >= 11 is 0. The Morgan fingerprint density at radius 1 is 1.03 bits per heavy atom. The summed E-state index contributed by atoms with van der Waals surface area (Å²) in [7, 11) is 0. The largest absolute Gasteiger partial charge is 0.445 e. The lowest BCUT2D eigenvalue weighted by Crippen LogP contribution is -2.49. The molecule has 0 spiro atoms. The second-order valence-electron chi connectivity index (χ2n) is 8.75. The Hall–Kier alpha value is -2.56. The number of hydrogen-bond acceptors (Lipinski definition) is 4. The van der Waals surface area contributed by atoms with Gasteiger partial charge in [0.25, 0.3) is 0 Å². The number of anilines is 1. The van der Waals surface area contributed by atoms with Gasteiger partial charge in [0.05, 0.1) is 17.4 Å². The number of hydrogen-bond donors (Lipinski definition) is 2. The van der Waals surface area contributed by atoms with Crippen molar-refractivity contribution in [3.05, 3.63) is 59.9 Å². The first-order valence-corrected chi connectivity index (χ1v) is 11.0. The molecule has 2 aromatic rings. The minimum Gasteiger partial charge on any atom is -0.445 e. The maximum absolute atomic E-state index is 12.7. The number of benzene rings is 1. The molecule has 0 radical (unpaired) electrons. The van der Waals surface area contributed by atoms with Gasteiger partial charge >= 0.3 is 6.09 Å². The summed E-state index contributed by atoms with van der Waals surface area (Å²) in [5.41, 5.74) is 3.01. The molecule has 1 amide bonds. The summed E-state index contributed by atoms with van der Waals surface area (Å²) in [5.74, 6) is 1.71. The molecule has 5 rings (SSSR count). The highest BCUT2D eigenvalue weighted by Gasteiger charge is 2.49. The van der Waals surface area contributed by atoms with Crippen LogP contribution in [0.1, 0.15) is 55.8 Å². The second-order valence-corrected chi connectivity index (χ2v) is 8.75. The minimum absolute atomic E-state index is 0.0891. The zero-order valence-electron chi connectivity index (χ0n) is 16.7. The smallest absolute Gasteiger partial charge is 0.408 e. The number of ether oxygens (including phenoxy) is 1. The van der Waals surface area contributed by atoms with Crippen molar-refractivity contribution in [2.24, 2.45) is 17.8 Å². The van der Waals surface area contributed by atoms with Gasteiger partial charge in [0.2, 0.25) is 0 Å². The predicted octanol–water partition coefficient (Wildman–Crippen LogP) is 5.06. The van der Waals surface area contributed by atoms with Gasteiger partial charge in [-0.15, -0.1) is 0 Å². The molecule has 3 atom stereocenters. The number of carbonyl (C=O) groups is 1. The van der Waals surface area contributed by atoms with Gasteiger partial charge in [-0.1, -0.05) is 43.2 Å². The van der Waals surface area contributed by atoms with Crippen molar-refractivity contribution < 1.29 is 9.53 Å². The molecule has 2 heterocycles. The lowest BCUT2D eigenvalue weighted by atomic mass is 9.75. The van der Waals surface area contributed by atoms with Gasteiger partial charge in [-0.25, -0.2) is 4.79 Å². The van der Waals surface area contributed by atoms with E-state index < -0.39 is 0 Å². The van der Waals surface area contributed by atoms with E-state index in [4.69, 9.17) is 4.74 Å². The quantitative estimate of drug-likeness (QED) is 0.748. The van der Waals surface area contributed by atoms with Gasteiger partial charge < -0.3 is 15.4 Å². The Morgan fingerprint density at radius 2 is 1.83 bits per heavy atom. The van der Waals surface area contributed by atoms with Crippen molar-refractivity contribution in [2.75, 3.05) is 5.32 Å². The third-order valence-electron chi connectivity index (χ3n) is 6.82. The number of fused-ring (bicyclic) bond motifs is 1. The molecule has 1 aromatic carbocycles. The number of aromatic nitrogens is 1. The molecular formula is C24H29N3O2. The lowest BCUT2D eigenvalue weighted by Gasteiger charge is -2.43. The maximum atomic E-state index is 12.7. The first-order chi connectivity index (χ1) is 14.3. The van der Waals surface area contributed by atoms with Crippen LogP contribution in [-0.2, 0) is 11.3 Å². The van der Waals surface area contributed by atoms with Crippen LogP contribution in [0.3, 0.4) is 0 Å². The first kappa shape index (κ1) is 18.5. The standard InChI is InChI=1S/C24H29N3O2/c28-24(29-15-16-7-2-1-3-8-16)27-23-20(17-12-13-17)21(18-9-4-5-10-18)26-19-11-6-14-25-22(19)23/h1-3,6-8,11,14,17-18,20-21,23,26H,4-5,9-10,12-13,15H2,(H,27,28)/t20-,21-,23+/m0/s1. The Balaban J connectivity index is 1.37. The number of amides is 1. The van der Waals surface area contributed by atoms with Gasteiger partial charge in [-0.2, -0.15) is 0 Å². The average molecular weight is 392 g/mol. The molecule has 5 heteroatoms. The summed E-state index contributed by atoms with van der Waals surface area (Å²) in [6.07, 6.45) is 9.15. The normalized spacial score (nSPS) is 26.4. The van der Waals surface area contributed by atoms with Crippen LogP contribution in [0.5, 0.6) is 0 Å². The first-order valence-electron chi connectivity index (χ1n) is 11.0. The van der Waals surface area contributed by atoms with Crippen LogP contribution < -0.4 is 10.6 Å². The van der Waals surface area contributed by atoms with Crippen LogP contribution in [0.4, 0.5) is 10.5 Å². The number of carbonyl (C=O) groups excluding carboxylic acids is 1. The van der Waals surface area contributed by atoms with Crippen molar-refractivity contribution in [3.63, 3.8) is 0 Å². The third-order valence-corrected chi connectivity index (χ3v) is 6.82. The zero-order valence-corrected chi connectivity index (χ0v) is 16.7. The SMILES string of the molecule is O=C(N[C@H]1c2ncccc2N[C@@H](C2CCCC2)[C@@H]1C1CC1)OCc1ccccc1. The fourth-order valence-electron chi connectivity index (χ4n) is 5.30. The van der Waals surface area contributed by atoms with Crippen LogP contribution in [-0.4, -0.2) is 17.1 Å². The monoisotopic (exact) mass is 391 g/mol. The summed E-state index contributed by atoms with van der Waals surface area (Å²) in [5, 5.41) is 7.02. The maximum Gasteiger partial charge on any atom is 0.408 e. The summed E-state index contributed by atoms with van der Waals surface area (Å²) in [6, 6.07) is 14.2. The van der Waals surface area contributed by atoms with Crippen LogP contribution in [0.2, 0.25) is 0 Å². The van der Waals surface area contributed by atoms with Crippen LogP contribution >= 0.6 is 0 Å². The van der Waals surface area contributed by atoms with Gasteiger partial charge in [-0.3, -0.25) is 4.98 Å². The van der Waals surface area contributed by atoms with Crippen molar-refractivity contribution in [1.82, 2.24) is 10.3 Å². The van der Waals surface area contributed by atoms with E-state index in [9.17, 15) is 4.79 Å². The fraction of sp³-hybridized carbons (Fsp3) is 0.500. The number of alkyl carbamates (subject to hydrolysis) is 1. The van der Waals surface area contributed by atoms with E-state index >= 15 is 0 Å². The highest BCUT2D eigenvalue weighted by atomic mass is 16.5. The highest BCUT2D eigenvalue weighted by Crippen LogP contribution is 2.51. The number of nitrogens with one attached hydrogen (secondary N) is 2. The molecule has 152 valence electrons. The van der Waals surface area contributed by atoms with E-state index in [-0.39, 0.29) is 18.7 Å². The number of pyridine rings is 1. The molecule has 3 aliphatic rings. The Kier molecular flexibility index (Phi) is 5.13. The molecule has 1 aromatic heterocycles. The highest BCUT2D eigenvalue weighted by molar-refractivity contribution is 5.69. The van der Waals surface area contributed by atoms with E-state index in [1.165, 1.54) is 38.5 Å². The van der Waals surface area contributed by atoms with Gasteiger partial charge in [0.1, 0.15) is 6.61 Å². The molecule has 2 aliphatic carbocycles. The predicted molar refractivity (Wildman–Crippen MR) is 112 cm³/mol. The van der Waals surface area contributed by atoms with Crippen molar-refractivity contribution in [3.8, 4) is 0 Å². The topological polar surface area (TPSA) is 63.2 Å². The molecule has 2 fully saturated rings. The molecule has 29 heavy (non-hydrogen) atoms. The molecule has 0 unspecified atom stereocenters. The van der Waals surface area contributed by atoms with E-state index in [1.807, 2.05) is 42.6 Å². The van der Waals surface area contributed by atoms with Gasteiger partial charge in [-0.05, 0) is 55.2 Å². The summed E-state index contributed by atoms with van der Waals surface area (Å²) in [6.45, 7) is 0.285. The molecule has 0 saturated heterocycles. The Morgan fingerprint density at radius 3 is 2.59 bits per heavy atom. The molecule has 2 N–H and O–H groups in total. The van der Waals surface area contributed by atoms with Gasteiger partial charge in [0, 0.05) is 18.2 Å². The van der Waals surface area contributed by atoms with E-state index in [0.29, 0.717) is 23.8 Å². The van der Waals surface area contributed by atoms with Crippen molar-refractivity contribution >= 4 is 11.8 Å². The summed E-state index contributed by atoms with van der Waals surface area (Å²) in [4.78, 5) is 17.4. The fourth-order valence-corrected chi connectivity index (χ4v) is 5.30. The van der Waals surface area contributed by atoms with E-state index in [2.05, 4.69) is 21.7 Å². The molecule has 0 bridgehead atoms. The lowest BCUT2D eigenvalue weighted by molar-refractivity contribution is 0.124. The second kappa shape index (κ2) is 8.05. The number of rotatable bonds is 5. The van der Waals surface area contributed by atoms with Crippen LogP contribution in [0.15, 0.2) is 48.7 Å². The zero-order chi connectivity index (χ0) is 19.6. The van der Waals surface area contributed by atoms with E-state index in [0.717, 1.165) is 16.9 Å². The number of nitrogens with zero attached hydrogens (tertiary/aromatic N) is 1. The molecular weight excluding hydrogens is 362 g/mol. The molecule has 5 nitrogen and oxygen atoms in total.